The average molecular weight is 254 g/mol. The van der Waals surface area contributed by atoms with E-state index in [1.54, 1.807) is 0 Å². The molecule has 17 heavy (non-hydrogen) atoms. The van der Waals surface area contributed by atoms with E-state index < -0.39 is 35.4 Å². The first-order chi connectivity index (χ1) is 7.73. The zero-order valence-electron chi connectivity index (χ0n) is 8.52. The highest BCUT2D eigenvalue weighted by Crippen LogP contribution is 2.39. The topological polar surface area (TPSA) is 26.3 Å². The first kappa shape index (κ1) is 13.4. The lowest BCUT2D eigenvalue weighted by atomic mass is 10.0. The molecule has 1 aromatic carbocycles. The molecule has 0 aliphatic carbocycles. The lowest BCUT2D eigenvalue weighted by molar-refractivity contribution is -0.142. The molecule has 7 heteroatoms. The maximum absolute atomic E-state index is 12.6. The van der Waals surface area contributed by atoms with Crippen molar-refractivity contribution in [3.05, 3.63) is 29.3 Å². The Balaban J connectivity index is 3.40. The molecule has 0 fully saturated rings. The predicted octanol–water partition coefficient (Wildman–Crippen LogP) is 3.51. The van der Waals surface area contributed by atoms with E-state index in [1.165, 1.54) is 0 Å². The van der Waals surface area contributed by atoms with Crippen molar-refractivity contribution in [2.24, 2.45) is 0 Å². The summed E-state index contributed by atoms with van der Waals surface area (Å²) in [6.45, 7) is -2.48. The Bertz CT molecular complexity index is 425. The van der Waals surface area contributed by atoms with E-state index in [0.717, 1.165) is 25.1 Å². The standard InChI is InChI=1S/C10H7F5O2/c1-5(16)6-3-2-4-7(17-9(11)12)8(6)10(13,14)15/h2-4,9H,1H3. The molecular formula is C10H7F5O2. The Kier molecular flexibility index (Phi) is 3.69. The number of rotatable bonds is 3. The second kappa shape index (κ2) is 4.68. The third kappa shape index (κ3) is 3.15. The van der Waals surface area contributed by atoms with Crippen LogP contribution in [0.1, 0.15) is 22.8 Å². The summed E-state index contributed by atoms with van der Waals surface area (Å²) in [6.07, 6.45) is -4.94. The van der Waals surface area contributed by atoms with E-state index in [2.05, 4.69) is 4.74 Å². The molecule has 2 nitrogen and oxygen atoms in total. The van der Waals surface area contributed by atoms with Crippen LogP contribution >= 0.6 is 0 Å². The Morgan fingerprint density at radius 3 is 2.29 bits per heavy atom. The molecule has 0 saturated carbocycles. The minimum absolute atomic E-state index is 0.698. The molecule has 0 unspecified atom stereocenters. The van der Waals surface area contributed by atoms with Gasteiger partial charge in [0.05, 0.1) is 0 Å². The normalized spacial score (nSPS) is 11.7. The predicted molar refractivity (Wildman–Crippen MR) is 48.1 cm³/mol. The molecule has 0 aliphatic rings. The van der Waals surface area contributed by atoms with Gasteiger partial charge in [-0.15, -0.1) is 0 Å². The van der Waals surface area contributed by atoms with Gasteiger partial charge < -0.3 is 4.74 Å². The third-order valence-corrected chi connectivity index (χ3v) is 1.91. The molecule has 0 heterocycles. The minimum Gasteiger partial charge on any atom is -0.434 e. The lowest BCUT2D eigenvalue weighted by Crippen LogP contribution is -2.15. The van der Waals surface area contributed by atoms with Crippen molar-refractivity contribution >= 4 is 5.78 Å². The number of Topliss-reactive ketones (excluding diaryl/α,β-unsaturated/α-hetero) is 1. The van der Waals surface area contributed by atoms with Gasteiger partial charge in [0.25, 0.3) is 0 Å². The molecule has 1 aromatic rings. The van der Waals surface area contributed by atoms with Crippen molar-refractivity contribution in [2.75, 3.05) is 0 Å². The van der Waals surface area contributed by atoms with Gasteiger partial charge in [-0.3, -0.25) is 4.79 Å². The Morgan fingerprint density at radius 1 is 1.29 bits per heavy atom. The molecule has 0 atom stereocenters. The van der Waals surface area contributed by atoms with Gasteiger partial charge >= 0.3 is 12.8 Å². The molecule has 1 rings (SSSR count). The van der Waals surface area contributed by atoms with Crippen LogP contribution in [-0.2, 0) is 6.18 Å². The number of hydrogen-bond acceptors (Lipinski definition) is 2. The van der Waals surface area contributed by atoms with Crippen molar-refractivity contribution in [1.29, 1.82) is 0 Å². The molecule has 94 valence electrons. The Morgan fingerprint density at radius 2 is 1.88 bits per heavy atom. The summed E-state index contributed by atoms with van der Waals surface area (Å²) in [4.78, 5) is 11.0. The van der Waals surface area contributed by atoms with Crippen LogP contribution in [0.15, 0.2) is 18.2 Å². The fourth-order valence-electron chi connectivity index (χ4n) is 1.31. The molecular weight excluding hydrogens is 247 g/mol. The zero-order valence-corrected chi connectivity index (χ0v) is 8.52. The molecule has 0 radical (unpaired) electrons. The number of carbonyl (C=O) groups excluding carboxylic acids is 1. The smallest absolute Gasteiger partial charge is 0.420 e. The maximum atomic E-state index is 12.6. The lowest BCUT2D eigenvalue weighted by Gasteiger charge is -2.15. The van der Waals surface area contributed by atoms with Crippen molar-refractivity contribution in [2.45, 2.75) is 19.7 Å². The maximum Gasteiger partial charge on any atom is 0.420 e. The summed E-state index contributed by atoms with van der Waals surface area (Å²) in [5, 5.41) is 0. The first-order valence-electron chi connectivity index (χ1n) is 4.39. The van der Waals surface area contributed by atoms with Crippen LogP contribution in [0.3, 0.4) is 0 Å². The zero-order chi connectivity index (χ0) is 13.2. The number of carbonyl (C=O) groups is 1. The van der Waals surface area contributed by atoms with E-state index in [4.69, 9.17) is 0 Å². The van der Waals surface area contributed by atoms with Crippen LogP contribution in [0.4, 0.5) is 22.0 Å². The van der Waals surface area contributed by atoms with E-state index in [0.29, 0.717) is 0 Å². The van der Waals surface area contributed by atoms with Crippen molar-refractivity contribution in [3.8, 4) is 5.75 Å². The fraction of sp³-hybridized carbons (Fsp3) is 0.300. The summed E-state index contributed by atoms with van der Waals surface area (Å²) < 4.78 is 65.6. The van der Waals surface area contributed by atoms with Crippen molar-refractivity contribution in [1.82, 2.24) is 0 Å². The molecule has 0 N–H and O–H groups in total. The Hall–Kier alpha value is -1.66. The summed E-state index contributed by atoms with van der Waals surface area (Å²) in [5.74, 6) is -1.93. The quantitative estimate of drug-likeness (QED) is 0.609. The van der Waals surface area contributed by atoms with Gasteiger partial charge in [-0.2, -0.15) is 22.0 Å². The van der Waals surface area contributed by atoms with Crippen molar-refractivity contribution < 1.29 is 31.5 Å². The van der Waals surface area contributed by atoms with Crippen LogP contribution in [0, 0.1) is 0 Å². The van der Waals surface area contributed by atoms with Crippen LogP contribution in [0.2, 0.25) is 0 Å². The number of benzene rings is 1. The van der Waals surface area contributed by atoms with Crippen molar-refractivity contribution in [3.63, 3.8) is 0 Å². The summed E-state index contributed by atoms with van der Waals surface area (Å²) >= 11 is 0. The van der Waals surface area contributed by atoms with E-state index in [9.17, 15) is 26.7 Å². The van der Waals surface area contributed by atoms with Gasteiger partial charge in [0, 0.05) is 5.56 Å². The van der Waals surface area contributed by atoms with Gasteiger partial charge in [0.15, 0.2) is 5.78 Å². The van der Waals surface area contributed by atoms with E-state index >= 15 is 0 Å². The van der Waals surface area contributed by atoms with Gasteiger partial charge in [-0.05, 0) is 13.0 Å². The first-order valence-corrected chi connectivity index (χ1v) is 4.39. The molecule has 0 aliphatic heterocycles. The van der Waals surface area contributed by atoms with Crippen LogP contribution in [-0.4, -0.2) is 12.4 Å². The highest BCUT2D eigenvalue weighted by atomic mass is 19.4. The number of ketones is 1. The fourth-order valence-corrected chi connectivity index (χ4v) is 1.31. The average Bonchev–Trinajstić information content (AvgIpc) is 2.14. The van der Waals surface area contributed by atoms with Gasteiger partial charge in [-0.25, -0.2) is 0 Å². The highest BCUT2D eigenvalue weighted by molar-refractivity contribution is 5.96. The number of halogens is 5. The molecule has 0 aromatic heterocycles. The number of ether oxygens (including phenoxy) is 1. The van der Waals surface area contributed by atoms with E-state index in [1.807, 2.05) is 0 Å². The molecule has 0 saturated heterocycles. The largest absolute Gasteiger partial charge is 0.434 e. The molecule has 0 amide bonds. The second-order valence-corrected chi connectivity index (χ2v) is 3.11. The Labute approximate surface area is 93.0 Å². The molecule has 0 bridgehead atoms. The monoisotopic (exact) mass is 254 g/mol. The minimum atomic E-state index is -4.94. The van der Waals surface area contributed by atoms with Gasteiger partial charge in [0.1, 0.15) is 11.3 Å². The highest BCUT2D eigenvalue weighted by Gasteiger charge is 2.38. The number of hydrogen-bond donors (Lipinski definition) is 0. The van der Waals surface area contributed by atoms with Crippen LogP contribution in [0.25, 0.3) is 0 Å². The molecule has 0 spiro atoms. The third-order valence-electron chi connectivity index (χ3n) is 1.91. The van der Waals surface area contributed by atoms with Crippen LogP contribution < -0.4 is 4.74 Å². The summed E-state index contributed by atoms with van der Waals surface area (Å²) in [7, 11) is 0. The van der Waals surface area contributed by atoms with E-state index in [-0.39, 0.29) is 0 Å². The van der Waals surface area contributed by atoms with Crippen LogP contribution in [0.5, 0.6) is 5.75 Å². The number of alkyl halides is 5. The SMILES string of the molecule is CC(=O)c1cccc(OC(F)F)c1C(F)(F)F. The summed E-state index contributed by atoms with van der Waals surface area (Å²) in [5.41, 5.74) is -2.18. The summed E-state index contributed by atoms with van der Waals surface area (Å²) in [6, 6.07) is 2.69. The van der Waals surface area contributed by atoms with Gasteiger partial charge in [0.2, 0.25) is 0 Å². The second-order valence-electron chi connectivity index (χ2n) is 3.11. The van der Waals surface area contributed by atoms with Gasteiger partial charge in [-0.1, -0.05) is 12.1 Å².